The summed E-state index contributed by atoms with van der Waals surface area (Å²) in [5, 5.41) is 1.83. The van der Waals surface area contributed by atoms with Crippen molar-refractivity contribution in [1.82, 2.24) is 0 Å². The minimum absolute atomic E-state index is 0.0488. The zero-order valence-corrected chi connectivity index (χ0v) is 9.97. The molecule has 0 bridgehead atoms. The Balaban J connectivity index is 2.11. The maximum absolute atomic E-state index is 13.4. The smallest absolute Gasteiger partial charge is 0.341 e. The van der Waals surface area contributed by atoms with E-state index in [0.29, 0.717) is 6.07 Å². The molecule has 0 fully saturated rings. The van der Waals surface area contributed by atoms with Crippen LogP contribution in [0.2, 0.25) is 0 Å². The second-order valence-electron chi connectivity index (χ2n) is 3.51. The summed E-state index contributed by atoms with van der Waals surface area (Å²) in [5.74, 6) is -2.76. The molecular weight excluding hydrogens is 260 g/mol. The van der Waals surface area contributed by atoms with Gasteiger partial charge in [-0.3, -0.25) is 0 Å². The van der Waals surface area contributed by atoms with Crippen molar-refractivity contribution in [1.29, 1.82) is 0 Å². The first-order valence-electron chi connectivity index (χ1n) is 5.02. The van der Waals surface area contributed by atoms with Crippen LogP contribution in [0.3, 0.4) is 0 Å². The number of carbonyl (C=O) groups is 1. The Labute approximate surface area is 106 Å². The molecule has 0 saturated heterocycles. The maximum Gasteiger partial charge on any atom is 0.341 e. The van der Waals surface area contributed by atoms with E-state index in [4.69, 9.17) is 10.5 Å². The molecule has 0 aliphatic heterocycles. The van der Waals surface area contributed by atoms with Crippen LogP contribution >= 0.6 is 11.3 Å². The number of rotatable bonds is 3. The third-order valence-electron chi connectivity index (χ3n) is 2.23. The number of nitrogen functional groups attached to an aromatic ring is 1. The minimum Gasteiger partial charge on any atom is -0.456 e. The first-order chi connectivity index (χ1) is 8.58. The highest BCUT2D eigenvalue weighted by atomic mass is 32.1. The fraction of sp³-hybridized carbons (Fsp3) is 0.0833. The van der Waals surface area contributed by atoms with E-state index >= 15 is 0 Å². The number of halogens is 2. The van der Waals surface area contributed by atoms with Crippen molar-refractivity contribution in [2.45, 2.75) is 6.61 Å². The molecule has 2 N–H and O–H groups in total. The number of hydrogen-bond donors (Lipinski definition) is 1. The van der Waals surface area contributed by atoms with E-state index in [-0.39, 0.29) is 17.9 Å². The monoisotopic (exact) mass is 269 g/mol. The largest absolute Gasteiger partial charge is 0.456 e. The van der Waals surface area contributed by atoms with E-state index in [1.165, 1.54) is 11.3 Å². The van der Waals surface area contributed by atoms with Gasteiger partial charge >= 0.3 is 5.97 Å². The molecule has 6 heteroatoms. The van der Waals surface area contributed by atoms with Crippen molar-refractivity contribution in [3.8, 4) is 0 Å². The number of thiophene rings is 1. The molecule has 18 heavy (non-hydrogen) atoms. The van der Waals surface area contributed by atoms with Crippen molar-refractivity contribution in [3.63, 3.8) is 0 Å². The molecule has 1 aromatic heterocycles. The summed E-state index contributed by atoms with van der Waals surface area (Å²) in [6, 6.07) is 5.09. The Hall–Kier alpha value is -1.95. The van der Waals surface area contributed by atoms with Gasteiger partial charge in [0.2, 0.25) is 0 Å². The highest BCUT2D eigenvalue weighted by molar-refractivity contribution is 7.09. The molecule has 2 aromatic rings. The molecule has 0 radical (unpaired) electrons. The quantitative estimate of drug-likeness (QED) is 0.688. The summed E-state index contributed by atoms with van der Waals surface area (Å²) in [6.45, 7) is 0.0488. The molecular formula is C12H9F2NO2S. The summed E-state index contributed by atoms with van der Waals surface area (Å²) < 4.78 is 31.2. The second-order valence-corrected chi connectivity index (χ2v) is 4.54. The molecule has 0 atom stereocenters. The minimum atomic E-state index is -0.988. The van der Waals surface area contributed by atoms with Crippen molar-refractivity contribution in [2.24, 2.45) is 0 Å². The molecule has 1 aromatic carbocycles. The molecule has 0 amide bonds. The van der Waals surface area contributed by atoms with Crippen LogP contribution < -0.4 is 5.73 Å². The number of anilines is 1. The first kappa shape index (κ1) is 12.5. The van der Waals surface area contributed by atoms with Gasteiger partial charge in [0, 0.05) is 10.9 Å². The molecule has 0 saturated carbocycles. The van der Waals surface area contributed by atoms with Crippen LogP contribution in [-0.2, 0) is 11.3 Å². The van der Waals surface area contributed by atoms with Gasteiger partial charge in [0.05, 0.1) is 11.3 Å². The van der Waals surface area contributed by atoms with E-state index in [1.54, 1.807) is 6.07 Å². The molecule has 0 spiro atoms. The van der Waals surface area contributed by atoms with Gasteiger partial charge in [-0.05, 0) is 17.5 Å². The predicted molar refractivity (Wildman–Crippen MR) is 64.2 cm³/mol. The topological polar surface area (TPSA) is 52.3 Å². The zero-order chi connectivity index (χ0) is 13.1. The van der Waals surface area contributed by atoms with Crippen LogP contribution in [0.4, 0.5) is 14.5 Å². The lowest BCUT2D eigenvalue weighted by atomic mass is 10.2. The van der Waals surface area contributed by atoms with E-state index in [9.17, 15) is 13.6 Å². The molecule has 1 heterocycles. The third kappa shape index (κ3) is 2.65. The Kier molecular flexibility index (Phi) is 3.57. The molecule has 2 rings (SSSR count). The van der Waals surface area contributed by atoms with E-state index in [2.05, 4.69) is 0 Å². The van der Waals surface area contributed by atoms with Crippen LogP contribution in [0.25, 0.3) is 0 Å². The fourth-order valence-electron chi connectivity index (χ4n) is 1.33. The first-order valence-corrected chi connectivity index (χ1v) is 5.90. The van der Waals surface area contributed by atoms with Gasteiger partial charge in [-0.1, -0.05) is 6.07 Å². The van der Waals surface area contributed by atoms with Crippen molar-refractivity contribution in [2.75, 3.05) is 5.73 Å². The summed E-state index contributed by atoms with van der Waals surface area (Å²) in [6.07, 6.45) is 0. The summed E-state index contributed by atoms with van der Waals surface area (Å²) in [4.78, 5) is 12.4. The van der Waals surface area contributed by atoms with Gasteiger partial charge in [-0.15, -0.1) is 11.3 Å². The van der Waals surface area contributed by atoms with Crippen LogP contribution in [0.15, 0.2) is 29.6 Å². The van der Waals surface area contributed by atoms with Crippen LogP contribution in [-0.4, -0.2) is 5.97 Å². The lowest BCUT2D eigenvalue weighted by Gasteiger charge is -2.06. The number of benzene rings is 1. The van der Waals surface area contributed by atoms with Crippen molar-refractivity contribution in [3.05, 3.63) is 51.7 Å². The number of ether oxygens (including phenoxy) is 1. The molecule has 0 aliphatic rings. The van der Waals surface area contributed by atoms with Gasteiger partial charge in [0.15, 0.2) is 0 Å². The van der Waals surface area contributed by atoms with E-state index in [1.807, 2.05) is 11.4 Å². The van der Waals surface area contributed by atoms with Crippen LogP contribution in [0, 0.1) is 11.6 Å². The lowest BCUT2D eigenvalue weighted by molar-refractivity contribution is 0.0471. The van der Waals surface area contributed by atoms with Gasteiger partial charge in [-0.25, -0.2) is 13.6 Å². The Bertz CT molecular complexity index is 570. The average Bonchev–Trinajstić information content (AvgIpc) is 2.84. The standard InChI is InChI=1S/C12H9F2NO2S/c13-9-5-10(14)11(15)4-8(9)12(16)17-6-7-2-1-3-18-7/h1-5H,6,15H2. The number of esters is 1. The Morgan fingerprint density at radius 1 is 1.33 bits per heavy atom. The van der Waals surface area contributed by atoms with Crippen molar-refractivity contribution >= 4 is 23.0 Å². The summed E-state index contributed by atoms with van der Waals surface area (Å²) in [5.41, 5.74) is 4.61. The highest BCUT2D eigenvalue weighted by Crippen LogP contribution is 2.18. The van der Waals surface area contributed by atoms with Crippen LogP contribution in [0.5, 0.6) is 0 Å². The Morgan fingerprint density at radius 2 is 2.11 bits per heavy atom. The van der Waals surface area contributed by atoms with E-state index in [0.717, 1.165) is 10.9 Å². The van der Waals surface area contributed by atoms with Gasteiger partial charge < -0.3 is 10.5 Å². The third-order valence-corrected chi connectivity index (χ3v) is 3.08. The molecule has 3 nitrogen and oxygen atoms in total. The zero-order valence-electron chi connectivity index (χ0n) is 9.15. The molecule has 94 valence electrons. The van der Waals surface area contributed by atoms with E-state index < -0.39 is 17.6 Å². The van der Waals surface area contributed by atoms with Crippen LogP contribution in [0.1, 0.15) is 15.2 Å². The lowest BCUT2D eigenvalue weighted by Crippen LogP contribution is -2.09. The molecule has 0 aliphatic carbocycles. The second kappa shape index (κ2) is 5.14. The normalized spacial score (nSPS) is 10.3. The van der Waals surface area contributed by atoms with Gasteiger partial charge in [0.1, 0.15) is 18.2 Å². The predicted octanol–water partition coefficient (Wildman–Crippen LogP) is 2.97. The number of hydrogen-bond acceptors (Lipinski definition) is 4. The van der Waals surface area contributed by atoms with Gasteiger partial charge in [-0.2, -0.15) is 0 Å². The number of carbonyl (C=O) groups excluding carboxylic acids is 1. The SMILES string of the molecule is Nc1cc(C(=O)OCc2cccs2)c(F)cc1F. The number of nitrogens with two attached hydrogens (primary N) is 1. The summed E-state index contributed by atoms with van der Waals surface area (Å²) in [7, 11) is 0. The van der Waals surface area contributed by atoms with Gasteiger partial charge in [0.25, 0.3) is 0 Å². The average molecular weight is 269 g/mol. The fourth-order valence-corrected chi connectivity index (χ4v) is 1.95. The molecule has 0 unspecified atom stereocenters. The Morgan fingerprint density at radius 3 is 2.78 bits per heavy atom. The maximum atomic E-state index is 13.4. The van der Waals surface area contributed by atoms with Crippen molar-refractivity contribution < 1.29 is 18.3 Å². The summed E-state index contributed by atoms with van der Waals surface area (Å²) >= 11 is 1.41. The highest BCUT2D eigenvalue weighted by Gasteiger charge is 2.16.